The van der Waals surface area contributed by atoms with Crippen molar-refractivity contribution in [3.63, 3.8) is 0 Å². The second kappa shape index (κ2) is 5.42. The summed E-state index contributed by atoms with van der Waals surface area (Å²) in [6.45, 7) is 2.74. The fourth-order valence-corrected chi connectivity index (χ4v) is 2.70. The maximum absolute atomic E-state index is 4.50. The highest BCUT2D eigenvalue weighted by molar-refractivity contribution is 7.09. The SMILES string of the molecule is CNc1nc(NCc2scnc2C)c2ccccc2n1. The number of nitrogens with one attached hydrogen (secondary N) is 2. The lowest BCUT2D eigenvalue weighted by Crippen LogP contribution is -2.05. The van der Waals surface area contributed by atoms with Crippen LogP contribution in [0.1, 0.15) is 10.6 Å². The van der Waals surface area contributed by atoms with Gasteiger partial charge >= 0.3 is 0 Å². The molecule has 5 nitrogen and oxygen atoms in total. The average molecular weight is 285 g/mol. The number of benzene rings is 1. The Morgan fingerprint density at radius 2 is 2.05 bits per heavy atom. The van der Waals surface area contributed by atoms with Crippen molar-refractivity contribution in [1.29, 1.82) is 0 Å². The Bertz CT molecular complexity index is 737. The van der Waals surface area contributed by atoms with Crippen LogP contribution in [-0.4, -0.2) is 22.0 Å². The Kier molecular flexibility index (Phi) is 3.47. The summed E-state index contributed by atoms with van der Waals surface area (Å²) in [5.41, 5.74) is 3.86. The molecule has 20 heavy (non-hydrogen) atoms. The Morgan fingerprint density at radius 1 is 1.20 bits per heavy atom. The topological polar surface area (TPSA) is 62.7 Å². The van der Waals surface area contributed by atoms with E-state index in [-0.39, 0.29) is 0 Å². The first-order valence-corrected chi connectivity index (χ1v) is 7.23. The number of fused-ring (bicyclic) bond motifs is 1. The zero-order chi connectivity index (χ0) is 13.9. The molecule has 2 aromatic heterocycles. The molecule has 0 amide bonds. The highest BCUT2D eigenvalue weighted by atomic mass is 32.1. The van der Waals surface area contributed by atoms with Gasteiger partial charge in [0.2, 0.25) is 5.95 Å². The van der Waals surface area contributed by atoms with Gasteiger partial charge in [-0.05, 0) is 19.1 Å². The zero-order valence-electron chi connectivity index (χ0n) is 11.3. The fourth-order valence-electron chi connectivity index (χ4n) is 1.98. The van der Waals surface area contributed by atoms with Gasteiger partial charge in [-0.25, -0.2) is 9.97 Å². The largest absolute Gasteiger partial charge is 0.364 e. The number of rotatable bonds is 4. The smallest absolute Gasteiger partial charge is 0.224 e. The molecule has 0 aliphatic carbocycles. The van der Waals surface area contributed by atoms with Crippen molar-refractivity contribution in [2.75, 3.05) is 17.7 Å². The Balaban J connectivity index is 1.95. The zero-order valence-corrected chi connectivity index (χ0v) is 12.2. The number of hydrogen-bond donors (Lipinski definition) is 2. The number of para-hydroxylation sites is 1. The molecule has 0 fully saturated rings. The van der Waals surface area contributed by atoms with E-state index >= 15 is 0 Å². The van der Waals surface area contributed by atoms with Crippen molar-refractivity contribution in [3.8, 4) is 0 Å². The van der Waals surface area contributed by atoms with E-state index in [2.05, 4.69) is 25.6 Å². The minimum atomic E-state index is 0.618. The quantitative estimate of drug-likeness (QED) is 0.771. The van der Waals surface area contributed by atoms with Crippen LogP contribution >= 0.6 is 11.3 Å². The lowest BCUT2D eigenvalue weighted by Gasteiger charge is -2.10. The molecular formula is C14H15N5S. The van der Waals surface area contributed by atoms with Crippen molar-refractivity contribution in [2.24, 2.45) is 0 Å². The van der Waals surface area contributed by atoms with Crippen LogP contribution in [0.15, 0.2) is 29.8 Å². The van der Waals surface area contributed by atoms with Gasteiger partial charge in [0.15, 0.2) is 0 Å². The van der Waals surface area contributed by atoms with Crippen molar-refractivity contribution in [3.05, 3.63) is 40.3 Å². The molecule has 0 bridgehead atoms. The molecule has 2 heterocycles. The number of thiazole rings is 1. The number of aromatic nitrogens is 3. The molecule has 2 N–H and O–H groups in total. The third kappa shape index (κ3) is 2.42. The van der Waals surface area contributed by atoms with Gasteiger partial charge in [-0.15, -0.1) is 11.3 Å². The van der Waals surface area contributed by atoms with E-state index in [1.165, 1.54) is 4.88 Å². The van der Waals surface area contributed by atoms with Crippen LogP contribution in [-0.2, 0) is 6.54 Å². The summed E-state index contributed by atoms with van der Waals surface area (Å²) in [6.07, 6.45) is 0. The van der Waals surface area contributed by atoms with Gasteiger partial charge in [-0.1, -0.05) is 12.1 Å². The summed E-state index contributed by atoms with van der Waals surface area (Å²) in [5, 5.41) is 7.40. The maximum atomic E-state index is 4.50. The van der Waals surface area contributed by atoms with Crippen molar-refractivity contribution >= 4 is 34.0 Å². The van der Waals surface area contributed by atoms with Crippen LogP contribution in [0.5, 0.6) is 0 Å². The molecule has 3 rings (SSSR count). The molecule has 0 atom stereocenters. The van der Waals surface area contributed by atoms with Crippen LogP contribution in [0.3, 0.4) is 0 Å². The van der Waals surface area contributed by atoms with Gasteiger partial charge < -0.3 is 10.6 Å². The summed E-state index contributed by atoms with van der Waals surface area (Å²) in [6, 6.07) is 7.98. The Labute approximate surface area is 121 Å². The van der Waals surface area contributed by atoms with Crippen LogP contribution in [0.25, 0.3) is 10.9 Å². The molecule has 0 radical (unpaired) electrons. The van der Waals surface area contributed by atoms with Crippen LogP contribution in [0, 0.1) is 6.92 Å². The number of anilines is 2. The standard InChI is InChI=1S/C14H15N5S/c1-9-12(20-8-17-9)7-16-13-10-5-3-4-6-11(10)18-14(15-2)19-13/h3-6,8H,7H2,1-2H3,(H2,15,16,18,19). The predicted octanol–water partition coefficient (Wildman–Crippen LogP) is 3.05. The molecule has 0 aliphatic heterocycles. The number of hydrogen-bond acceptors (Lipinski definition) is 6. The number of nitrogens with zero attached hydrogens (tertiary/aromatic N) is 3. The minimum absolute atomic E-state index is 0.618. The molecule has 102 valence electrons. The molecule has 6 heteroatoms. The van der Waals surface area contributed by atoms with Crippen LogP contribution in [0.2, 0.25) is 0 Å². The summed E-state index contributed by atoms with van der Waals surface area (Å²) >= 11 is 1.65. The second-order valence-corrected chi connectivity index (χ2v) is 5.32. The van der Waals surface area contributed by atoms with E-state index in [1.54, 1.807) is 11.3 Å². The summed E-state index contributed by atoms with van der Waals surface area (Å²) < 4.78 is 0. The third-order valence-electron chi connectivity index (χ3n) is 3.09. The lowest BCUT2D eigenvalue weighted by molar-refractivity contribution is 1.09. The van der Waals surface area contributed by atoms with Gasteiger partial charge in [0, 0.05) is 17.3 Å². The molecule has 0 spiro atoms. The molecule has 0 saturated carbocycles. The summed E-state index contributed by atoms with van der Waals surface area (Å²) in [5.74, 6) is 1.46. The normalized spacial score (nSPS) is 10.7. The van der Waals surface area contributed by atoms with Crippen LogP contribution in [0.4, 0.5) is 11.8 Å². The van der Waals surface area contributed by atoms with E-state index in [0.717, 1.165) is 29.0 Å². The molecule has 3 aromatic rings. The van der Waals surface area contributed by atoms with Gasteiger partial charge in [-0.2, -0.15) is 4.98 Å². The van der Waals surface area contributed by atoms with Crippen molar-refractivity contribution < 1.29 is 0 Å². The molecule has 1 aromatic carbocycles. The second-order valence-electron chi connectivity index (χ2n) is 4.38. The maximum Gasteiger partial charge on any atom is 0.224 e. The van der Waals surface area contributed by atoms with E-state index in [1.807, 2.05) is 43.7 Å². The van der Waals surface area contributed by atoms with Crippen molar-refractivity contribution in [2.45, 2.75) is 13.5 Å². The molecule has 0 saturated heterocycles. The van der Waals surface area contributed by atoms with E-state index < -0.39 is 0 Å². The third-order valence-corrected chi connectivity index (χ3v) is 4.02. The van der Waals surface area contributed by atoms with Crippen molar-refractivity contribution in [1.82, 2.24) is 15.0 Å². The predicted molar refractivity (Wildman–Crippen MR) is 83.3 cm³/mol. The molecule has 0 unspecified atom stereocenters. The first-order chi connectivity index (χ1) is 9.78. The Hall–Kier alpha value is -2.21. The molecular weight excluding hydrogens is 270 g/mol. The minimum Gasteiger partial charge on any atom is -0.364 e. The summed E-state index contributed by atoms with van der Waals surface area (Å²) in [7, 11) is 1.82. The monoisotopic (exact) mass is 285 g/mol. The van der Waals surface area contributed by atoms with E-state index in [4.69, 9.17) is 0 Å². The lowest BCUT2D eigenvalue weighted by atomic mass is 10.2. The van der Waals surface area contributed by atoms with Gasteiger partial charge in [0.05, 0.1) is 23.3 Å². The van der Waals surface area contributed by atoms with E-state index in [9.17, 15) is 0 Å². The highest BCUT2D eigenvalue weighted by Gasteiger charge is 2.07. The van der Waals surface area contributed by atoms with Gasteiger partial charge in [0.1, 0.15) is 5.82 Å². The Morgan fingerprint density at radius 3 is 2.80 bits per heavy atom. The first-order valence-electron chi connectivity index (χ1n) is 6.35. The average Bonchev–Trinajstić information content (AvgIpc) is 2.89. The molecule has 0 aliphatic rings. The number of aryl methyl sites for hydroxylation is 1. The van der Waals surface area contributed by atoms with Gasteiger partial charge in [-0.3, -0.25) is 0 Å². The fraction of sp³-hybridized carbons (Fsp3) is 0.214. The van der Waals surface area contributed by atoms with Crippen LogP contribution < -0.4 is 10.6 Å². The highest BCUT2D eigenvalue weighted by Crippen LogP contribution is 2.23. The first kappa shape index (κ1) is 12.8. The van der Waals surface area contributed by atoms with Gasteiger partial charge in [0.25, 0.3) is 0 Å². The summed E-state index contributed by atoms with van der Waals surface area (Å²) in [4.78, 5) is 14.4. The van der Waals surface area contributed by atoms with E-state index in [0.29, 0.717) is 5.95 Å².